The molecule has 0 aliphatic heterocycles. The van der Waals surface area contributed by atoms with E-state index in [0.29, 0.717) is 22.6 Å². The van der Waals surface area contributed by atoms with Crippen molar-refractivity contribution in [2.24, 2.45) is 5.16 Å². The van der Waals surface area contributed by atoms with Gasteiger partial charge in [-0.2, -0.15) is 5.26 Å². The van der Waals surface area contributed by atoms with E-state index in [1.807, 2.05) is 6.07 Å². The number of esters is 1. The second-order valence-corrected chi connectivity index (χ2v) is 5.62. The molecule has 0 spiro atoms. The first-order valence-corrected chi connectivity index (χ1v) is 8.62. The minimum atomic E-state index is -0.687. The van der Waals surface area contributed by atoms with Gasteiger partial charge in [0, 0.05) is 0 Å². The first kappa shape index (κ1) is 20.3. The molecule has 0 unspecified atom stereocenters. The highest BCUT2D eigenvalue weighted by atomic mass is 16.6. The quantitative estimate of drug-likeness (QED) is 0.334. The van der Waals surface area contributed by atoms with Crippen molar-refractivity contribution in [2.45, 2.75) is 0 Å². The topological polar surface area (TPSA) is 116 Å². The van der Waals surface area contributed by atoms with Crippen LogP contribution >= 0.6 is 0 Å². The molecule has 0 bridgehead atoms. The van der Waals surface area contributed by atoms with E-state index in [2.05, 4.69) is 15.1 Å². The molecule has 0 aliphatic carbocycles. The average molecular weight is 404 g/mol. The molecule has 1 heterocycles. The van der Waals surface area contributed by atoms with Crippen LogP contribution in [0.3, 0.4) is 0 Å². The average Bonchev–Trinajstić information content (AvgIpc) is 2.78. The van der Waals surface area contributed by atoms with Gasteiger partial charge < -0.3 is 19.0 Å². The maximum Gasteiger partial charge on any atom is 0.360 e. The molecule has 0 aliphatic rings. The summed E-state index contributed by atoms with van der Waals surface area (Å²) in [7, 11) is 2.56. The third kappa shape index (κ3) is 4.69. The maximum absolute atomic E-state index is 12.1. The van der Waals surface area contributed by atoms with Gasteiger partial charge in [0.1, 0.15) is 31.0 Å². The van der Waals surface area contributed by atoms with Crippen LogP contribution in [-0.4, -0.2) is 35.9 Å². The minimum absolute atomic E-state index is 0.0657. The molecule has 2 aromatic carbocycles. The number of aromatic nitrogens is 2. The van der Waals surface area contributed by atoms with Crippen LogP contribution in [0.15, 0.2) is 66.1 Å². The lowest BCUT2D eigenvalue weighted by Crippen LogP contribution is -2.18. The number of para-hydroxylation sites is 2. The molecule has 0 saturated carbocycles. The number of ether oxygens (including phenoxy) is 3. The third-order valence-electron chi connectivity index (χ3n) is 3.76. The molecule has 9 heteroatoms. The molecule has 0 N–H and O–H groups in total. The van der Waals surface area contributed by atoms with Crippen molar-refractivity contribution < 1.29 is 23.8 Å². The van der Waals surface area contributed by atoms with Gasteiger partial charge in [-0.3, -0.25) is 0 Å². The van der Waals surface area contributed by atoms with Gasteiger partial charge in [0.15, 0.2) is 5.71 Å². The molecular formula is C21H16N4O5. The monoisotopic (exact) mass is 404 g/mol. The van der Waals surface area contributed by atoms with E-state index in [-0.39, 0.29) is 17.5 Å². The van der Waals surface area contributed by atoms with Crippen LogP contribution in [0.5, 0.6) is 23.3 Å². The van der Waals surface area contributed by atoms with Crippen LogP contribution in [0.1, 0.15) is 11.1 Å². The Bertz CT molecular complexity index is 1120. The van der Waals surface area contributed by atoms with Crippen molar-refractivity contribution in [3.63, 3.8) is 0 Å². The van der Waals surface area contributed by atoms with Gasteiger partial charge in [0.2, 0.25) is 11.8 Å². The zero-order valence-electron chi connectivity index (χ0n) is 16.1. The summed E-state index contributed by atoms with van der Waals surface area (Å²) in [5, 5.41) is 12.9. The Morgan fingerprint density at radius 2 is 1.60 bits per heavy atom. The highest BCUT2D eigenvalue weighted by molar-refractivity contribution is 6.43. The number of methoxy groups -OCH3 is 1. The summed E-state index contributed by atoms with van der Waals surface area (Å²) in [5.74, 6) is 0.293. The molecule has 3 rings (SSSR count). The standard InChI is InChI=1S/C21H16N4O5/c1-27-21(26)20(25-28-2)15-8-4-6-10-17(15)30-19-11-18(23-13-24-19)29-16-9-5-3-7-14(16)12-22/h3-11,13H,1-2H3/b25-20-. The van der Waals surface area contributed by atoms with Gasteiger partial charge in [-0.15, -0.1) is 0 Å². The molecule has 0 fully saturated rings. The summed E-state index contributed by atoms with van der Waals surface area (Å²) < 4.78 is 16.3. The molecule has 0 saturated heterocycles. The van der Waals surface area contributed by atoms with E-state index < -0.39 is 5.97 Å². The Labute approximate surface area is 172 Å². The van der Waals surface area contributed by atoms with Gasteiger partial charge in [-0.05, 0) is 24.3 Å². The van der Waals surface area contributed by atoms with E-state index in [1.54, 1.807) is 48.5 Å². The van der Waals surface area contributed by atoms with Crippen molar-refractivity contribution in [1.29, 1.82) is 5.26 Å². The summed E-state index contributed by atoms with van der Waals surface area (Å²) in [5.41, 5.74) is 0.647. The van der Waals surface area contributed by atoms with E-state index in [0.717, 1.165) is 0 Å². The summed E-state index contributed by atoms with van der Waals surface area (Å²) in [6.45, 7) is 0. The van der Waals surface area contributed by atoms with Crippen LogP contribution in [0.25, 0.3) is 0 Å². The van der Waals surface area contributed by atoms with Crippen molar-refractivity contribution in [3.05, 3.63) is 72.1 Å². The molecule has 0 atom stereocenters. The Kier molecular flexibility index (Phi) is 6.53. The summed E-state index contributed by atoms with van der Waals surface area (Å²) >= 11 is 0. The highest BCUT2D eigenvalue weighted by Gasteiger charge is 2.20. The SMILES string of the molecule is CO/N=C(\C(=O)OC)c1ccccc1Oc1cc(Oc2ccccc2C#N)ncn1. The summed E-state index contributed by atoms with van der Waals surface area (Å²) in [6, 6.07) is 17.0. The largest absolute Gasteiger partial charge is 0.464 e. The minimum Gasteiger partial charge on any atom is -0.464 e. The molecule has 0 amide bonds. The number of nitrogens with zero attached hydrogens (tertiary/aromatic N) is 4. The van der Waals surface area contributed by atoms with Gasteiger partial charge in [-0.1, -0.05) is 29.4 Å². The maximum atomic E-state index is 12.1. The van der Waals surface area contributed by atoms with Crippen LogP contribution < -0.4 is 9.47 Å². The summed E-state index contributed by atoms with van der Waals surface area (Å²) in [6.07, 6.45) is 1.26. The first-order chi connectivity index (χ1) is 14.7. The number of carbonyl (C=O) groups excluding carboxylic acids is 1. The lowest BCUT2D eigenvalue weighted by Gasteiger charge is -2.11. The van der Waals surface area contributed by atoms with Crippen LogP contribution in [0, 0.1) is 11.3 Å². The number of oxime groups is 1. The lowest BCUT2D eigenvalue weighted by molar-refractivity contribution is -0.132. The van der Waals surface area contributed by atoms with E-state index in [4.69, 9.17) is 19.0 Å². The van der Waals surface area contributed by atoms with Crippen LogP contribution in [0.4, 0.5) is 0 Å². The molecule has 1 aromatic heterocycles. The zero-order chi connectivity index (χ0) is 21.3. The predicted molar refractivity (Wildman–Crippen MR) is 105 cm³/mol. The smallest absolute Gasteiger partial charge is 0.360 e. The Morgan fingerprint density at radius 1 is 0.967 bits per heavy atom. The Balaban J connectivity index is 1.90. The van der Waals surface area contributed by atoms with Gasteiger partial charge in [-0.25, -0.2) is 14.8 Å². The van der Waals surface area contributed by atoms with Crippen LogP contribution in [-0.2, 0) is 14.4 Å². The van der Waals surface area contributed by atoms with Crippen molar-refractivity contribution in [2.75, 3.05) is 14.2 Å². The fraction of sp³-hybridized carbons (Fsp3) is 0.0952. The molecule has 3 aromatic rings. The zero-order valence-corrected chi connectivity index (χ0v) is 16.1. The molecule has 150 valence electrons. The number of hydrogen-bond acceptors (Lipinski definition) is 9. The normalized spacial score (nSPS) is 10.6. The molecular weight excluding hydrogens is 388 g/mol. The second kappa shape index (κ2) is 9.66. The van der Waals surface area contributed by atoms with Crippen LogP contribution in [0.2, 0.25) is 0 Å². The summed E-state index contributed by atoms with van der Waals surface area (Å²) in [4.78, 5) is 24.9. The number of hydrogen-bond donors (Lipinski definition) is 0. The molecule has 0 radical (unpaired) electrons. The fourth-order valence-electron chi connectivity index (χ4n) is 2.44. The number of nitriles is 1. The Hall–Kier alpha value is -4.45. The Morgan fingerprint density at radius 3 is 2.27 bits per heavy atom. The van der Waals surface area contributed by atoms with Crippen molar-refractivity contribution in [3.8, 4) is 29.3 Å². The van der Waals surface area contributed by atoms with E-state index in [9.17, 15) is 10.1 Å². The molecule has 30 heavy (non-hydrogen) atoms. The van der Waals surface area contributed by atoms with Gasteiger partial charge >= 0.3 is 5.97 Å². The number of rotatable bonds is 7. The van der Waals surface area contributed by atoms with E-state index in [1.165, 1.54) is 26.6 Å². The fourth-order valence-corrected chi connectivity index (χ4v) is 2.44. The predicted octanol–water partition coefficient (Wildman–Crippen LogP) is 3.46. The third-order valence-corrected chi connectivity index (χ3v) is 3.76. The number of benzene rings is 2. The number of carbonyl (C=O) groups is 1. The van der Waals surface area contributed by atoms with Gasteiger partial charge in [0.05, 0.1) is 24.3 Å². The second-order valence-electron chi connectivity index (χ2n) is 5.62. The van der Waals surface area contributed by atoms with Crippen molar-refractivity contribution >= 4 is 11.7 Å². The highest BCUT2D eigenvalue weighted by Crippen LogP contribution is 2.28. The van der Waals surface area contributed by atoms with Crippen molar-refractivity contribution in [1.82, 2.24) is 9.97 Å². The van der Waals surface area contributed by atoms with E-state index >= 15 is 0 Å². The molecule has 9 nitrogen and oxygen atoms in total. The first-order valence-electron chi connectivity index (χ1n) is 8.62. The van der Waals surface area contributed by atoms with Gasteiger partial charge in [0.25, 0.3) is 0 Å². The lowest BCUT2D eigenvalue weighted by atomic mass is 10.1.